The maximum atomic E-state index is 15.2. The molecule has 0 amide bonds. The maximum Gasteiger partial charge on any atom is 0.422 e. The predicted octanol–water partition coefficient (Wildman–Crippen LogP) is 10.8. The molecule has 0 saturated carbocycles. The third kappa shape index (κ3) is 4.40. The molecule has 5 rings (SSSR count). The number of hydrogen-bond donors (Lipinski definition) is 0. The highest BCUT2D eigenvalue weighted by Crippen LogP contribution is 2.50. The molecule has 0 saturated heterocycles. The minimum absolute atomic E-state index is 0.0227. The van der Waals surface area contributed by atoms with Crippen LogP contribution in [-0.4, -0.2) is 0 Å². The standard InChI is InChI=1S/C28H6F16/c29-11-5-9-10(6-12(11)30)14(16-21(33)25(37)18(28(42,43)44)26(38)22(16)34)8-4-2-1-3-7(8)13(9)15-19(31)23(35)17(27(39,40)41)24(36)20(15)32/h1-6H. The average molecular weight is 646 g/mol. The van der Waals surface area contributed by atoms with Crippen LogP contribution in [0.15, 0.2) is 36.4 Å². The van der Waals surface area contributed by atoms with Crippen molar-refractivity contribution in [1.29, 1.82) is 0 Å². The van der Waals surface area contributed by atoms with Crippen molar-refractivity contribution in [3.05, 3.63) is 106 Å². The summed E-state index contributed by atoms with van der Waals surface area (Å²) in [5.41, 5.74) is -12.4. The van der Waals surface area contributed by atoms with Gasteiger partial charge in [0.15, 0.2) is 58.2 Å². The van der Waals surface area contributed by atoms with Gasteiger partial charge in [0.1, 0.15) is 11.1 Å². The van der Waals surface area contributed by atoms with Crippen LogP contribution in [0.3, 0.4) is 0 Å². The molecule has 0 aliphatic rings. The van der Waals surface area contributed by atoms with Gasteiger partial charge in [0, 0.05) is 11.1 Å². The Bertz CT molecular complexity index is 1830. The van der Waals surface area contributed by atoms with Crippen LogP contribution in [-0.2, 0) is 12.4 Å². The van der Waals surface area contributed by atoms with Gasteiger partial charge < -0.3 is 0 Å². The van der Waals surface area contributed by atoms with Gasteiger partial charge in [0.2, 0.25) is 0 Å². The van der Waals surface area contributed by atoms with Gasteiger partial charge in [-0.1, -0.05) is 24.3 Å². The molecule has 0 aromatic heterocycles. The third-order valence-corrected chi connectivity index (χ3v) is 6.66. The Kier molecular flexibility index (Phi) is 7.05. The Hall–Kier alpha value is -4.50. The molecule has 44 heavy (non-hydrogen) atoms. The summed E-state index contributed by atoms with van der Waals surface area (Å²) in [6.45, 7) is 0. The fourth-order valence-electron chi connectivity index (χ4n) is 4.91. The summed E-state index contributed by atoms with van der Waals surface area (Å²) in [6.07, 6.45) is -12.0. The fraction of sp³-hybridized carbons (Fsp3) is 0.0714. The van der Waals surface area contributed by atoms with Crippen molar-refractivity contribution in [3.63, 3.8) is 0 Å². The third-order valence-electron chi connectivity index (χ3n) is 6.66. The molecular formula is C28H6F16. The molecule has 0 nitrogen and oxygen atoms in total. The Balaban J connectivity index is 2.08. The molecule has 0 heterocycles. The van der Waals surface area contributed by atoms with Gasteiger partial charge in [-0.15, -0.1) is 0 Å². The molecule has 0 bridgehead atoms. The maximum absolute atomic E-state index is 15.2. The van der Waals surface area contributed by atoms with E-state index >= 15 is 17.6 Å². The zero-order valence-electron chi connectivity index (χ0n) is 20.5. The Morgan fingerprint density at radius 1 is 0.341 bits per heavy atom. The SMILES string of the molecule is Fc1cc2c(-c3c(F)c(F)c(C(F)(F)F)c(F)c3F)c3ccccc3c(-c3c(F)c(F)c(C(F)(F)F)c(F)c3F)c2cc1F. The van der Waals surface area contributed by atoms with E-state index in [0.717, 1.165) is 24.3 Å². The number of benzene rings is 5. The molecule has 0 aliphatic carbocycles. The summed E-state index contributed by atoms with van der Waals surface area (Å²) in [6, 6.07) is 3.47. The predicted molar refractivity (Wildman–Crippen MR) is 122 cm³/mol. The number of hydrogen-bond acceptors (Lipinski definition) is 0. The van der Waals surface area contributed by atoms with Gasteiger partial charge in [-0.2, -0.15) is 26.3 Å². The Labute approximate surface area is 232 Å². The highest BCUT2D eigenvalue weighted by Gasteiger charge is 2.44. The van der Waals surface area contributed by atoms with Gasteiger partial charge in [-0.25, -0.2) is 43.9 Å². The van der Waals surface area contributed by atoms with Crippen molar-refractivity contribution in [2.45, 2.75) is 12.4 Å². The zero-order valence-corrected chi connectivity index (χ0v) is 20.5. The quantitative estimate of drug-likeness (QED) is 0.102. The van der Waals surface area contributed by atoms with Gasteiger partial charge >= 0.3 is 12.4 Å². The first-order chi connectivity index (χ1) is 20.3. The van der Waals surface area contributed by atoms with Crippen molar-refractivity contribution >= 4 is 21.5 Å². The number of fused-ring (bicyclic) bond motifs is 2. The van der Waals surface area contributed by atoms with Crippen molar-refractivity contribution in [3.8, 4) is 22.3 Å². The fourth-order valence-corrected chi connectivity index (χ4v) is 4.91. The van der Waals surface area contributed by atoms with Gasteiger partial charge in [-0.05, 0) is 33.7 Å². The second kappa shape index (κ2) is 10.0. The van der Waals surface area contributed by atoms with Gasteiger partial charge in [0.05, 0.1) is 11.1 Å². The van der Waals surface area contributed by atoms with E-state index in [1.807, 2.05) is 0 Å². The second-order valence-electron chi connectivity index (χ2n) is 9.11. The first-order valence-corrected chi connectivity index (χ1v) is 11.5. The van der Waals surface area contributed by atoms with Crippen LogP contribution in [0.25, 0.3) is 43.8 Å². The average Bonchev–Trinajstić information content (AvgIpc) is 2.91. The van der Waals surface area contributed by atoms with Crippen LogP contribution in [0.2, 0.25) is 0 Å². The largest absolute Gasteiger partial charge is 0.422 e. The first-order valence-electron chi connectivity index (χ1n) is 11.5. The summed E-state index contributed by atoms with van der Waals surface area (Å²) >= 11 is 0. The molecule has 0 N–H and O–H groups in total. The smallest absolute Gasteiger partial charge is 0.204 e. The molecule has 5 aromatic rings. The lowest BCUT2D eigenvalue weighted by atomic mass is 9.84. The molecule has 5 aromatic carbocycles. The topological polar surface area (TPSA) is 0 Å². The van der Waals surface area contributed by atoms with Crippen LogP contribution in [0, 0.1) is 58.2 Å². The van der Waals surface area contributed by atoms with E-state index in [-0.39, 0.29) is 12.1 Å². The van der Waals surface area contributed by atoms with Crippen molar-refractivity contribution < 1.29 is 70.2 Å². The zero-order chi connectivity index (χ0) is 32.8. The minimum atomic E-state index is -5.98. The van der Waals surface area contributed by atoms with Crippen LogP contribution in [0.1, 0.15) is 11.1 Å². The van der Waals surface area contributed by atoms with Crippen molar-refractivity contribution in [2.75, 3.05) is 0 Å². The Morgan fingerprint density at radius 3 is 0.864 bits per heavy atom. The lowest BCUT2D eigenvalue weighted by Crippen LogP contribution is -2.16. The van der Waals surface area contributed by atoms with E-state index in [1.165, 1.54) is 0 Å². The van der Waals surface area contributed by atoms with E-state index in [1.54, 1.807) is 0 Å². The molecule has 0 radical (unpaired) electrons. The summed E-state index contributed by atoms with van der Waals surface area (Å²) in [4.78, 5) is 0. The molecular weight excluding hydrogens is 640 g/mol. The van der Waals surface area contributed by atoms with Crippen LogP contribution >= 0.6 is 0 Å². The number of alkyl halides is 6. The molecule has 16 heteroatoms. The molecule has 0 unspecified atom stereocenters. The van der Waals surface area contributed by atoms with E-state index in [4.69, 9.17) is 0 Å². The monoisotopic (exact) mass is 646 g/mol. The van der Waals surface area contributed by atoms with Crippen molar-refractivity contribution in [1.82, 2.24) is 0 Å². The summed E-state index contributed by atoms with van der Waals surface area (Å²) in [5, 5.41) is -3.96. The Morgan fingerprint density at radius 2 is 0.614 bits per heavy atom. The van der Waals surface area contributed by atoms with E-state index in [9.17, 15) is 52.7 Å². The highest BCUT2D eigenvalue weighted by molar-refractivity contribution is 6.21. The summed E-state index contributed by atoms with van der Waals surface area (Å²) in [7, 11) is 0. The van der Waals surface area contributed by atoms with Gasteiger partial charge in [-0.3, -0.25) is 0 Å². The molecule has 0 aliphatic heterocycles. The van der Waals surface area contributed by atoms with E-state index in [0.29, 0.717) is 0 Å². The first kappa shape index (κ1) is 30.9. The molecule has 0 spiro atoms. The number of halogens is 16. The highest BCUT2D eigenvalue weighted by atomic mass is 19.4. The minimum Gasteiger partial charge on any atom is -0.204 e. The van der Waals surface area contributed by atoms with Gasteiger partial charge in [0.25, 0.3) is 0 Å². The normalized spacial score (nSPS) is 12.5. The molecule has 0 atom stereocenters. The second-order valence-corrected chi connectivity index (χ2v) is 9.11. The molecule has 230 valence electrons. The van der Waals surface area contributed by atoms with Crippen LogP contribution < -0.4 is 0 Å². The summed E-state index contributed by atoms with van der Waals surface area (Å²) in [5.74, 6) is -26.5. The van der Waals surface area contributed by atoms with Crippen molar-refractivity contribution in [2.24, 2.45) is 0 Å². The lowest BCUT2D eigenvalue weighted by molar-refractivity contribution is -0.144. The van der Waals surface area contributed by atoms with Crippen LogP contribution in [0.4, 0.5) is 70.2 Å². The van der Waals surface area contributed by atoms with Crippen LogP contribution in [0.5, 0.6) is 0 Å². The molecule has 0 fully saturated rings. The van der Waals surface area contributed by atoms with E-state index in [2.05, 4.69) is 0 Å². The number of rotatable bonds is 2. The lowest BCUT2D eigenvalue weighted by Gasteiger charge is -2.21. The van der Waals surface area contributed by atoms with E-state index < -0.39 is 125 Å². The summed E-state index contributed by atoms with van der Waals surface area (Å²) < 4.78 is 227.